The molecule has 2 aliphatic rings. The van der Waals surface area contributed by atoms with Crippen LogP contribution in [0.2, 0.25) is 0 Å². The van der Waals surface area contributed by atoms with Gasteiger partial charge in [-0.15, -0.1) is 17.5 Å². The summed E-state index contributed by atoms with van der Waals surface area (Å²) in [6, 6.07) is 0.660. The molecule has 2 aliphatic heterocycles. The van der Waals surface area contributed by atoms with E-state index in [9.17, 15) is 4.79 Å². The van der Waals surface area contributed by atoms with Crippen LogP contribution < -0.4 is 5.32 Å². The maximum absolute atomic E-state index is 12.6. The topological polar surface area (TPSA) is 63.1 Å². The first-order valence-electron chi connectivity index (χ1n) is 8.10. The molecule has 7 heteroatoms. The highest BCUT2D eigenvalue weighted by atomic mass is 35.5. The monoisotopic (exact) mass is 327 g/mol. The molecule has 1 N–H and O–H groups in total. The Morgan fingerprint density at radius 2 is 2.00 bits per heavy atom. The number of nitrogens with one attached hydrogen (secondary N) is 1. The van der Waals surface area contributed by atoms with Gasteiger partial charge in [-0.1, -0.05) is 12.1 Å². The number of piperidine rings is 2. The van der Waals surface area contributed by atoms with E-state index < -0.39 is 0 Å². The van der Waals surface area contributed by atoms with Crippen LogP contribution in [0, 0.1) is 5.92 Å². The molecule has 22 heavy (non-hydrogen) atoms. The van der Waals surface area contributed by atoms with E-state index in [1.54, 1.807) is 0 Å². The number of hydrogen-bond donors (Lipinski definition) is 1. The Morgan fingerprint density at radius 3 is 2.73 bits per heavy atom. The molecule has 124 valence electrons. The minimum absolute atomic E-state index is 0. The first-order chi connectivity index (χ1) is 10.2. The van der Waals surface area contributed by atoms with Gasteiger partial charge in [0.05, 0.1) is 12.2 Å². The number of aromatic nitrogens is 3. The van der Waals surface area contributed by atoms with E-state index in [1.807, 2.05) is 15.8 Å². The molecule has 0 radical (unpaired) electrons. The summed E-state index contributed by atoms with van der Waals surface area (Å²) in [7, 11) is 0. The summed E-state index contributed by atoms with van der Waals surface area (Å²) in [5, 5.41) is 11.7. The Bertz CT molecular complexity index is 500. The number of amides is 1. The smallest absolute Gasteiger partial charge is 0.276 e. The van der Waals surface area contributed by atoms with Gasteiger partial charge in [-0.2, -0.15) is 0 Å². The molecular weight excluding hydrogens is 302 g/mol. The van der Waals surface area contributed by atoms with Gasteiger partial charge in [-0.3, -0.25) is 4.79 Å². The van der Waals surface area contributed by atoms with Crippen molar-refractivity contribution in [3.05, 3.63) is 11.9 Å². The fourth-order valence-corrected chi connectivity index (χ4v) is 3.39. The average molecular weight is 328 g/mol. The lowest BCUT2D eigenvalue weighted by Crippen LogP contribution is -2.46. The summed E-state index contributed by atoms with van der Waals surface area (Å²) in [4.78, 5) is 14.6. The number of halogens is 1. The van der Waals surface area contributed by atoms with Crippen LogP contribution in [0.3, 0.4) is 0 Å². The largest absolute Gasteiger partial charge is 0.334 e. The molecule has 3 rings (SSSR count). The van der Waals surface area contributed by atoms with E-state index in [4.69, 9.17) is 0 Å². The maximum atomic E-state index is 12.6. The molecule has 1 amide bonds. The van der Waals surface area contributed by atoms with E-state index in [1.165, 1.54) is 6.42 Å². The van der Waals surface area contributed by atoms with Gasteiger partial charge in [0.2, 0.25) is 0 Å². The van der Waals surface area contributed by atoms with Gasteiger partial charge in [0, 0.05) is 12.6 Å². The minimum Gasteiger partial charge on any atom is -0.334 e. The molecule has 0 aromatic carbocycles. The number of carbonyl (C=O) groups excluding carboxylic acids is 1. The van der Waals surface area contributed by atoms with Crippen LogP contribution in [0.4, 0.5) is 0 Å². The second-order valence-corrected chi connectivity index (χ2v) is 6.42. The van der Waals surface area contributed by atoms with E-state index in [0.29, 0.717) is 17.7 Å². The molecule has 1 aromatic rings. The predicted molar refractivity (Wildman–Crippen MR) is 87.3 cm³/mol. The molecule has 6 nitrogen and oxygen atoms in total. The summed E-state index contributed by atoms with van der Waals surface area (Å²) < 4.78 is 1.88. The van der Waals surface area contributed by atoms with Crippen LogP contribution in [0.1, 0.15) is 56.1 Å². The molecule has 0 bridgehead atoms. The number of rotatable bonds is 2. The van der Waals surface area contributed by atoms with Crippen LogP contribution in [0.5, 0.6) is 0 Å². The predicted octanol–water partition coefficient (Wildman–Crippen LogP) is 1.89. The SMILES string of the molecule is CC1CCCN(C(=O)c2cn(C3CCNCC3)nn2)C1C.Cl. The quantitative estimate of drug-likeness (QED) is 0.901. The lowest BCUT2D eigenvalue weighted by Gasteiger charge is -2.37. The van der Waals surface area contributed by atoms with Crippen LogP contribution in [0.25, 0.3) is 0 Å². The molecule has 2 fully saturated rings. The van der Waals surface area contributed by atoms with Crippen molar-refractivity contribution in [2.75, 3.05) is 19.6 Å². The molecule has 0 aliphatic carbocycles. The Hall–Kier alpha value is -1.14. The third-order valence-electron chi connectivity index (χ3n) is 5.05. The Balaban J connectivity index is 0.00000176. The van der Waals surface area contributed by atoms with Crippen LogP contribution in [-0.2, 0) is 0 Å². The molecule has 0 saturated carbocycles. The van der Waals surface area contributed by atoms with Gasteiger partial charge in [-0.25, -0.2) is 4.68 Å². The second-order valence-electron chi connectivity index (χ2n) is 6.42. The summed E-state index contributed by atoms with van der Waals surface area (Å²) in [5.74, 6) is 0.594. The van der Waals surface area contributed by atoms with Gasteiger partial charge in [0.15, 0.2) is 5.69 Å². The standard InChI is InChI=1S/C15H25N5O.ClH/c1-11-4-3-9-19(12(11)2)15(21)14-10-20(18-17-14)13-5-7-16-8-6-13;/h10-13,16H,3-9H2,1-2H3;1H. The minimum atomic E-state index is 0. The third-order valence-corrected chi connectivity index (χ3v) is 5.05. The van der Waals surface area contributed by atoms with Gasteiger partial charge < -0.3 is 10.2 Å². The van der Waals surface area contributed by atoms with Crippen LogP contribution in [0.15, 0.2) is 6.20 Å². The van der Waals surface area contributed by atoms with Gasteiger partial charge in [0.1, 0.15) is 0 Å². The Kier molecular flexibility index (Phi) is 5.81. The second kappa shape index (κ2) is 7.42. The first kappa shape index (κ1) is 17.2. The van der Waals surface area contributed by atoms with E-state index >= 15 is 0 Å². The zero-order valence-corrected chi connectivity index (χ0v) is 14.2. The molecule has 2 atom stereocenters. The Morgan fingerprint density at radius 1 is 1.27 bits per heavy atom. The van der Waals surface area contributed by atoms with E-state index in [-0.39, 0.29) is 24.4 Å². The summed E-state index contributed by atoms with van der Waals surface area (Å²) in [6.45, 7) is 7.21. The lowest BCUT2D eigenvalue weighted by molar-refractivity contribution is 0.0545. The van der Waals surface area contributed by atoms with Crippen molar-refractivity contribution in [2.24, 2.45) is 5.92 Å². The molecule has 3 heterocycles. The van der Waals surface area contributed by atoms with E-state index in [2.05, 4.69) is 29.5 Å². The number of likely N-dealkylation sites (tertiary alicyclic amines) is 1. The summed E-state index contributed by atoms with van der Waals surface area (Å²) >= 11 is 0. The van der Waals surface area contributed by atoms with Crippen molar-refractivity contribution in [1.82, 2.24) is 25.2 Å². The Labute approximate surface area is 138 Å². The van der Waals surface area contributed by atoms with Crippen molar-refractivity contribution < 1.29 is 4.79 Å². The molecule has 2 saturated heterocycles. The fourth-order valence-electron chi connectivity index (χ4n) is 3.39. The van der Waals surface area contributed by atoms with Gasteiger partial charge in [0.25, 0.3) is 5.91 Å². The van der Waals surface area contributed by atoms with Crippen LogP contribution in [-0.4, -0.2) is 51.5 Å². The number of carbonyl (C=O) groups is 1. The highest BCUT2D eigenvalue weighted by Gasteiger charge is 2.30. The van der Waals surface area contributed by atoms with Gasteiger partial charge >= 0.3 is 0 Å². The zero-order chi connectivity index (χ0) is 14.8. The molecular formula is C15H26ClN5O. The van der Waals surface area contributed by atoms with Crippen molar-refractivity contribution >= 4 is 18.3 Å². The maximum Gasteiger partial charge on any atom is 0.276 e. The highest BCUT2D eigenvalue weighted by molar-refractivity contribution is 5.92. The lowest BCUT2D eigenvalue weighted by atomic mass is 9.92. The normalized spacial score (nSPS) is 26.5. The van der Waals surface area contributed by atoms with Crippen molar-refractivity contribution in [2.45, 2.75) is 51.6 Å². The first-order valence-corrected chi connectivity index (χ1v) is 8.10. The van der Waals surface area contributed by atoms with Crippen molar-refractivity contribution in [1.29, 1.82) is 0 Å². The summed E-state index contributed by atoms with van der Waals surface area (Å²) in [6.07, 6.45) is 6.22. The highest BCUT2D eigenvalue weighted by Crippen LogP contribution is 2.24. The van der Waals surface area contributed by atoms with Gasteiger partial charge in [-0.05, 0) is 51.6 Å². The van der Waals surface area contributed by atoms with Crippen LogP contribution >= 0.6 is 12.4 Å². The molecule has 2 unspecified atom stereocenters. The van der Waals surface area contributed by atoms with E-state index in [0.717, 1.165) is 38.9 Å². The fraction of sp³-hybridized carbons (Fsp3) is 0.800. The number of nitrogens with zero attached hydrogens (tertiary/aromatic N) is 4. The summed E-state index contributed by atoms with van der Waals surface area (Å²) in [5.41, 5.74) is 0.495. The molecule has 1 aromatic heterocycles. The van der Waals surface area contributed by atoms with Crippen molar-refractivity contribution in [3.63, 3.8) is 0 Å². The third kappa shape index (κ3) is 3.43. The van der Waals surface area contributed by atoms with Crippen molar-refractivity contribution in [3.8, 4) is 0 Å². The average Bonchev–Trinajstić information content (AvgIpc) is 3.00. The number of hydrogen-bond acceptors (Lipinski definition) is 4. The zero-order valence-electron chi connectivity index (χ0n) is 13.4. The molecule has 0 spiro atoms.